The highest BCUT2D eigenvalue weighted by Crippen LogP contribution is 2.21. The maximum absolute atomic E-state index is 12.6. The van der Waals surface area contributed by atoms with E-state index in [4.69, 9.17) is 9.47 Å². The highest BCUT2D eigenvalue weighted by molar-refractivity contribution is 7.91. The molecule has 1 fully saturated rings. The van der Waals surface area contributed by atoms with Gasteiger partial charge in [0.25, 0.3) is 5.91 Å². The first-order chi connectivity index (χ1) is 12.2. The summed E-state index contributed by atoms with van der Waals surface area (Å²) < 4.78 is 33.8. The molecule has 7 nitrogen and oxygen atoms in total. The summed E-state index contributed by atoms with van der Waals surface area (Å²) in [5.41, 5.74) is 1.17. The summed E-state index contributed by atoms with van der Waals surface area (Å²) in [6.07, 6.45) is -0.587. The average molecular weight is 383 g/mol. The maximum atomic E-state index is 12.6. The molecule has 0 N–H and O–H groups in total. The van der Waals surface area contributed by atoms with E-state index in [1.54, 1.807) is 25.1 Å². The molecule has 26 heavy (non-hydrogen) atoms. The molecule has 1 aromatic rings. The zero-order valence-electron chi connectivity index (χ0n) is 15.5. The molecule has 0 radical (unpaired) electrons. The van der Waals surface area contributed by atoms with Crippen molar-refractivity contribution < 1.29 is 27.5 Å². The monoisotopic (exact) mass is 383 g/mol. The van der Waals surface area contributed by atoms with Crippen LogP contribution in [0.15, 0.2) is 18.2 Å². The number of likely N-dealkylation sites (N-methyl/N-ethyl adjacent to an activating group) is 1. The SMILES string of the molecule is CCN(C(=O)[C@H](C)OC(=O)c1ccc(C)c(OC)c1)[C@H]1CCS(=O)(=O)C1. The number of rotatable bonds is 6. The van der Waals surface area contributed by atoms with Gasteiger partial charge < -0.3 is 14.4 Å². The molecule has 0 aliphatic carbocycles. The maximum Gasteiger partial charge on any atom is 0.339 e. The van der Waals surface area contributed by atoms with Crippen LogP contribution in [0.3, 0.4) is 0 Å². The van der Waals surface area contributed by atoms with Crippen molar-refractivity contribution >= 4 is 21.7 Å². The summed E-state index contributed by atoms with van der Waals surface area (Å²) in [5, 5.41) is 0. The number of esters is 1. The van der Waals surface area contributed by atoms with Gasteiger partial charge in [0.1, 0.15) is 5.75 Å². The second-order valence-electron chi connectivity index (χ2n) is 6.41. The van der Waals surface area contributed by atoms with Crippen molar-refractivity contribution in [2.75, 3.05) is 25.2 Å². The van der Waals surface area contributed by atoms with Crippen LogP contribution >= 0.6 is 0 Å². The lowest BCUT2D eigenvalue weighted by Gasteiger charge is -2.29. The van der Waals surface area contributed by atoms with E-state index in [1.807, 2.05) is 6.92 Å². The van der Waals surface area contributed by atoms with Crippen molar-refractivity contribution in [3.05, 3.63) is 29.3 Å². The van der Waals surface area contributed by atoms with Crippen LogP contribution in [0.4, 0.5) is 0 Å². The summed E-state index contributed by atoms with van der Waals surface area (Å²) in [7, 11) is -1.59. The van der Waals surface area contributed by atoms with Gasteiger partial charge in [-0.3, -0.25) is 4.79 Å². The van der Waals surface area contributed by atoms with Gasteiger partial charge >= 0.3 is 5.97 Å². The lowest BCUT2D eigenvalue weighted by Crippen LogP contribution is -2.46. The minimum Gasteiger partial charge on any atom is -0.496 e. The molecule has 1 heterocycles. The second kappa shape index (κ2) is 8.07. The molecule has 0 bridgehead atoms. The van der Waals surface area contributed by atoms with Crippen molar-refractivity contribution in [1.82, 2.24) is 4.90 Å². The van der Waals surface area contributed by atoms with E-state index in [1.165, 1.54) is 18.9 Å². The number of carbonyl (C=O) groups excluding carboxylic acids is 2. The Balaban J connectivity index is 2.06. The van der Waals surface area contributed by atoms with E-state index in [2.05, 4.69) is 0 Å². The van der Waals surface area contributed by atoms with E-state index < -0.39 is 21.9 Å². The standard InChI is InChI=1S/C18H25NO6S/c1-5-19(15-8-9-26(22,23)11-15)17(20)13(3)25-18(21)14-7-6-12(2)16(10-14)24-4/h6-7,10,13,15H,5,8-9,11H2,1-4H3/t13-,15-/m0/s1. The van der Waals surface area contributed by atoms with Gasteiger partial charge in [0.2, 0.25) is 0 Å². The predicted octanol–water partition coefficient (Wildman–Crippen LogP) is 1.58. The minimum absolute atomic E-state index is 0.0393. The van der Waals surface area contributed by atoms with Crippen LogP contribution in [0.5, 0.6) is 5.75 Å². The van der Waals surface area contributed by atoms with Crippen LogP contribution in [0.1, 0.15) is 36.2 Å². The summed E-state index contributed by atoms with van der Waals surface area (Å²) >= 11 is 0. The molecule has 0 aromatic heterocycles. The van der Waals surface area contributed by atoms with Crippen LogP contribution in [0, 0.1) is 6.92 Å². The molecule has 0 spiro atoms. The molecule has 2 rings (SSSR count). The van der Waals surface area contributed by atoms with Crippen molar-refractivity contribution in [1.29, 1.82) is 0 Å². The number of ether oxygens (including phenoxy) is 2. The average Bonchev–Trinajstić information content (AvgIpc) is 2.95. The number of amides is 1. The molecule has 1 aliphatic rings. The number of hydrogen-bond acceptors (Lipinski definition) is 6. The number of sulfone groups is 1. The summed E-state index contributed by atoms with van der Waals surface area (Å²) in [4.78, 5) is 26.5. The Morgan fingerprint density at radius 1 is 1.35 bits per heavy atom. The smallest absolute Gasteiger partial charge is 0.339 e. The molecule has 144 valence electrons. The number of hydrogen-bond donors (Lipinski definition) is 0. The van der Waals surface area contributed by atoms with E-state index >= 15 is 0 Å². The Labute approximate surface area is 154 Å². The quantitative estimate of drug-likeness (QED) is 0.693. The van der Waals surface area contributed by atoms with Gasteiger partial charge in [-0.25, -0.2) is 13.2 Å². The third kappa shape index (κ3) is 4.55. The number of nitrogens with zero attached hydrogens (tertiary/aromatic N) is 1. The third-order valence-corrected chi connectivity index (χ3v) is 6.30. The summed E-state index contributed by atoms with van der Waals surface area (Å²) in [6.45, 7) is 5.49. The number of carbonyl (C=O) groups is 2. The zero-order valence-corrected chi connectivity index (χ0v) is 16.3. The van der Waals surface area contributed by atoms with E-state index in [9.17, 15) is 18.0 Å². The fourth-order valence-corrected chi connectivity index (χ4v) is 4.81. The molecule has 1 saturated heterocycles. The molecule has 1 aliphatic heterocycles. The fraction of sp³-hybridized carbons (Fsp3) is 0.556. The Morgan fingerprint density at radius 2 is 2.04 bits per heavy atom. The van der Waals surface area contributed by atoms with Gasteiger partial charge in [-0.1, -0.05) is 6.07 Å². The van der Waals surface area contributed by atoms with Gasteiger partial charge in [0.15, 0.2) is 15.9 Å². The van der Waals surface area contributed by atoms with Crippen LogP contribution in [-0.4, -0.2) is 62.5 Å². The van der Waals surface area contributed by atoms with E-state index in [0.29, 0.717) is 24.3 Å². The predicted molar refractivity (Wildman–Crippen MR) is 97.1 cm³/mol. The molecule has 1 aromatic carbocycles. The van der Waals surface area contributed by atoms with Gasteiger partial charge in [-0.05, 0) is 44.9 Å². The molecule has 0 unspecified atom stereocenters. The summed E-state index contributed by atoms with van der Waals surface area (Å²) in [5.74, 6) is -0.410. The summed E-state index contributed by atoms with van der Waals surface area (Å²) in [6, 6.07) is 4.55. The number of benzene rings is 1. The van der Waals surface area contributed by atoms with Gasteiger partial charge in [-0.15, -0.1) is 0 Å². The first kappa shape index (κ1) is 20.2. The van der Waals surface area contributed by atoms with Crippen LogP contribution in [0.2, 0.25) is 0 Å². The first-order valence-corrected chi connectivity index (χ1v) is 10.4. The third-order valence-electron chi connectivity index (χ3n) is 4.55. The number of methoxy groups -OCH3 is 1. The second-order valence-corrected chi connectivity index (χ2v) is 8.64. The molecule has 8 heteroatoms. The first-order valence-electron chi connectivity index (χ1n) is 8.55. The molecule has 1 amide bonds. The van der Waals surface area contributed by atoms with Gasteiger partial charge in [0, 0.05) is 12.6 Å². The van der Waals surface area contributed by atoms with Gasteiger partial charge in [0.05, 0.1) is 24.2 Å². The lowest BCUT2D eigenvalue weighted by atomic mass is 10.1. The normalized spacial score (nSPS) is 19.6. The van der Waals surface area contributed by atoms with Crippen LogP contribution < -0.4 is 4.74 Å². The van der Waals surface area contributed by atoms with Crippen LogP contribution in [-0.2, 0) is 19.4 Å². The molecular formula is C18H25NO6S. The Hall–Kier alpha value is -2.09. The van der Waals surface area contributed by atoms with Crippen molar-refractivity contribution in [2.24, 2.45) is 0 Å². The van der Waals surface area contributed by atoms with Crippen LogP contribution in [0.25, 0.3) is 0 Å². The highest BCUT2D eigenvalue weighted by Gasteiger charge is 2.36. The molecular weight excluding hydrogens is 358 g/mol. The van der Waals surface area contributed by atoms with Crippen molar-refractivity contribution in [3.8, 4) is 5.75 Å². The Kier molecular flexibility index (Phi) is 6.28. The molecule has 0 saturated carbocycles. The topological polar surface area (TPSA) is 90.0 Å². The fourth-order valence-electron chi connectivity index (χ4n) is 3.07. The zero-order chi connectivity index (χ0) is 19.5. The number of aryl methyl sites for hydroxylation is 1. The van der Waals surface area contributed by atoms with E-state index in [-0.39, 0.29) is 23.5 Å². The van der Waals surface area contributed by atoms with Crippen molar-refractivity contribution in [2.45, 2.75) is 39.3 Å². The lowest BCUT2D eigenvalue weighted by molar-refractivity contribution is -0.141. The Morgan fingerprint density at radius 3 is 2.58 bits per heavy atom. The Bertz CT molecular complexity index is 789. The minimum atomic E-state index is -3.10. The van der Waals surface area contributed by atoms with E-state index in [0.717, 1.165) is 5.56 Å². The molecule has 2 atom stereocenters. The highest BCUT2D eigenvalue weighted by atomic mass is 32.2. The van der Waals surface area contributed by atoms with Crippen molar-refractivity contribution in [3.63, 3.8) is 0 Å². The largest absolute Gasteiger partial charge is 0.496 e. The van der Waals surface area contributed by atoms with Gasteiger partial charge in [-0.2, -0.15) is 0 Å².